The number of imidazole rings is 1. The van der Waals surface area contributed by atoms with Crippen LogP contribution in [0.3, 0.4) is 0 Å². The molecule has 10 heteroatoms. The highest BCUT2D eigenvalue weighted by Crippen LogP contribution is 2.44. The van der Waals surface area contributed by atoms with E-state index in [1.54, 1.807) is 29.7 Å². The fourth-order valence-electron chi connectivity index (χ4n) is 4.79. The Morgan fingerprint density at radius 1 is 1.12 bits per heavy atom. The Balaban J connectivity index is 0.00000181. The third kappa shape index (κ3) is 5.38. The van der Waals surface area contributed by atoms with Crippen LogP contribution in [-0.2, 0) is 26.3 Å². The molecule has 5 rings (SSSR count). The van der Waals surface area contributed by atoms with Crippen molar-refractivity contribution in [3.63, 3.8) is 0 Å². The quantitative estimate of drug-likeness (QED) is 0.254. The van der Waals surface area contributed by atoms with Gasteiger partial charge in [-0.15, -0.1) is 0 Å². The number of carbonyl (C=O) groups is 3. The van der Waals surface area contributed by atoms with Gasteiger partial charge >= 0.3 is 5.97 Å². The second-order valence-corrected chi connectivity index (χ2v) is 10.8. The van der Waals surface area contributed by atoms with Crippen molar-refractivity contribution in [1.29, 1.82) is 0 Å². The van der Waals surface area contributed by atoms with Gasteiger partial charge in [-0.05, 0) is 50.5 Å². The van der Waals surface area contributed by atoms with Crippen molar-refractivity contribution in [3.8, 4) is 0 Å². The highest BCUT2D eigenvalue weighted by atomic mass is 35.5. The first kappa shape index (κ1) is 29.4. The number of aromatic nitrogens is 2. The molecule has 2 heterocycles. The Hall–Kier alpha value is -3.62. The molecule has 0 unspecified atom stereocenters. The van der Waals surface area contributed by atoms with Crippen molar-refractivity contribution in [3.05, 3.63) is 88.2 Å². The molecule has 1 aromatic heterocycles. The minimum Gasteiger partial charge on any atom is -0.460 e. The highest BCUT2D eigenvalue weighted by molar-refractivity contribution is 6.35. The summed E-state index contributed by atoms with van der Waals surface area (Å²) in [5.41, 5.74) is 0.291. The first-order valence-electron chi connectivity index (χ1n) is 13.1. The zero-order valence-corrected chi connectivity index (χ0v) is 24.5. The van der Waals surface area contributed by atoms with Crippen LogP contribution in [0, 0.1) is 6.92 Å². The number of aryl methyl sites for hydroxylation is 1. The summed E-state index contributed by atoms with van der Waals surface area (Å²) in [7, 11) is 0. The van der Waals surface area contributed by atoms with Gasteiger partial charge in [-0.1, -0.05) is 79.5 Å². The average molecular weight is 584 g/mol. The predicted molar refractivity (Wildman–Crippen MR) is 156 cm³/mol. The summed E-state index contributed by atoms with van der Waals surface area (Å²) in [5, 5.41) is 3.54. The Labute approximate surface area is 243 Å². The third-order valence-corrected chi connectivity index (χ3v) is 7.37. The second kappa shape index (κ2) is 11.5. The van der Waals surface area contributed by atoms with Gasteiger partial charge < -0.3 is 10.1 Å². The van der Waals surface area contributed by atoms with Crippen LogP contribution in [0.25, 0.3) is 0 Å². The SMILES string of the molecule is C=CCOC(=O)C1(NC(=O)c2cnc3n2[C@](C)(Cc2ccc(C)cc2)C(=O)N3c2cc(Cl)cc(Cl)c2)CC1.CC. The van der Waals surface area contributed by atoms with E-state index < -0.39 is 23.0 Å². The second-order valence-electron chi connectivity index (χ2n) is 9.91. The fourth-order valence-corrected chi connectivity index (χ4v) is 5.31. The van der Waals surface area contributed by atoms with Crippen molar-refractivity contribution in [2.45, 2.75) is 58.0 Å². The standard InChI is InChI=1S/C28H26Cl2N4O4.C2H6/c1-4-11-38-25(37)28(9-10-28)32-23(35)22-16-31-26-33(21-13-19(29)12-20(30)14-21)24(36)27(3,34(22)26)15-18-7-5-17(2)6-8-18;1-2/h4-8,12-14,16H,1,9-11,15H2,2-3H3,(H,32,35);1-2H3/t27-;/m1./s1. The van der Waals surface area contributed by atoms with Crippen LogP contribution in [0.1, 0.15) is 55.2 Å². The molecule has 1 aliphatic carbocycles. The van der Waals surface area contributed by atoms with Crippen LogP contribution in [0.15, 0.2) is 61.3 Å². The minimum absolute atomic E-state index is 0.0544. The number of halogens is 2. The number of anilines is 2. The highest BCUT2D eigenvalue weighted by Gasteiger charge is 2.55. The number of hydrogen-bond acceptors (Lipinski definition) is 5. The van der Waals surface area contributed by atoms with Crippen molar-refractivity contribution >= 4 is 52.6 Å². The lowest BCUT2D eigenvalue weighted by Crippen LogP contribution is -2.47. The van der Waals surface area contributed by atoms with Crippen molar-refractivity contribution in [1.82, 2.24) is 14.9 Å². The number of carbonyl (C=O) groups excluding carboxylic acids is 3. The van der Waals surface area contributed by atoms with E-state index in [0.717, 1.165) is 11.1 Å². The van der Waals surface area contributed by atoms with E-state index >= 15 is 0 Å². The maximum Gasteiger partial charge on any atom is 0.332 e. The van der Waals surface area contributed by atoms with Crippen molar-refractivity contribution < 1.29 is 19.1 Å². The number of rotatable bonds is 8. The van der Waals surface area contributed by atoms with Crippen LogP contribution in [-0.4, -0.2) is 39.5 Å². The number of nitrogens with zero attached hydrogens (tertiary/aromatic N) is 3. The number of benzene rings is 2. The Kier molecular flexibility index (Phi) is 8.42. The lowest BCUT2D eigenvalue weighted by atomic mass is 9.91. The zero-order valence-electron chi connectivity index (χ0n) is 23.0. The maximum atomic E-state index is 14.1. The molecule has 2 aromatic carbocycles. The summed E-state index contributed by atoms with van der Waals surface area (Å²) in [5.74, 6) is -1.07. The summed E-state index contributed by atoms with van der Waals surface area (Å²) >= 11 is 12.5. The van der Waals surface area contributed by atoms with Gasteiger partial charge in [0.25, 0.3) is 11.8 Å². The van der Waals surface area contributed by atoms with Gasteiger partial charge in [-0.3, -0.25) is 14.2 Å². The first-order chi connectivity index (χ1) is 19.1. The number of ether oxygens (including phenoxy) is 1. The Bertz CT molecular complexity index is 1440. The lowest BCUT2D eigenvalue weighted by Gasteiger charge is -2.27. The summed E-state index contributed by atoms with van der Waals surface area (Å²) in [6.45, 7) is 11.4. The van der Waals surface area contributed by atoms with Gasteiger partial charge in [-0.2, -0.15) is 0 Å². The van der Waals surface area contributed by atoms with E-state index in [9.17, 15) is 14.4 Å². The first-order valence-corrected chi connectivity index (χ1v) is 13.9. The topological polar surface area (TPSA) is 93.5 Å². The number of nitrogens with one attached hydrogen (secondary N) is 1. The number of amides is 2. The van der Waals surface area contributed by atoms with Gasteiger partial charge in [0, 0.05) is 16.5 Å². The van der Waals surface area contributed by atoms with Gasteiger partial charge in [-0.25, -0.2) is 14.7 Å². The molecule has 0 saturated heterocycles. The summed E-state index contributed by atoms with van der Waals surface area (Å²) < 4.78 is 6.82. The largest absolute Gasteiger partial charge is 0.460 e. The van der Waals surface area contributed by atoms with Crippen LogP contribution in [0.2, 0.25) is 10.0 Å². The molecule has 1 N–H and O–H groups in total. The molecule has 40 heavy (non-hydrogen) atoms. The van der Waals surface area contributed by atoms with Gasteiger partial charge in [0.1, 0.15) is 23.4 Å². The third-order valence-electron chi connectivity index (χ3n) is 6.93. The van der Waals surface area contributed by atoms with Crippen molar-refractivity contribution in [2.24, 2.45) is 0 Å². The molecule has 2 aliphatic rings. The lowest BCUT2D eigenvalue weighted by molar-refractivity contribution is -0.145. The Morgan fingerprint density at radius 3 is 2.33 bits per heavy atom. The van der Waals surface area contributed by atoms with E-state index in [2.05, 4.69) is 16.9 Å². The van der Waals surface area contributed by atoms with E-state index in [1.807, 2.05) is 45.0 Å². The average Bonchev–Trinajstić information content (AvgIpc) is 3.51. The normalized spacial score (nSPS) is 18.4. The molecule has 1 atom stereocenters. The Morgan fingerprint density at radius 2 is 1.75 bits per heavy atom. The summed E-state index contributed by atoms with van der Waals surface area (Å²) in [4.78, 5) is 46.1. The molecular formula is C30H32Cl2N4O4. The molecule has 2 amide bonds. The predicted octanol–water partition coefficient (Wildman–Crippen LogP) is 6.15. The molecule has 1 fully saturated rings. The molecule has 8 nitrogen and oxygen atoms in total. The fraction of sp³-hybridized carbons (Fsp3) is 0.333. The van der Waals surface area contributed by atoms with Gasteiger partial charge in [0.05, 0.1) is 11.9 Å². The molecule has 0 spiro atoms. The monoisotopic (exact) mass is 582 g/mol. The molecule has 0 radical (unpaired) electrons. The van der Waals surface area contributed by atoms with E-state index in [4.69, 9.17) is 27.9 Å². The molecule has 0 bridgehead atoms. The number of esters is 1. The van der Waals surface area contributed by atoms with E-state index in [-0.39, 0.29) is 24.2 Å². The van der Waals surface area contributed by atoms with Crippen LogP contribution in [0.5, 0.6) is 0 Å². The minimum atomic E-state index is -1.21. The van der Waals surface area contributed by atoms with Crippen LogP contribution >= 0.6 is 23.2 Å². The van der Waals surface area contributed by atoms with Crippen LogP contribution in [0.4, 0.5) is 11.6 Å². The van der Waals surface area contributed by atoms with E-state index in [0.29, 0.717) is 35.0 Å². The molecule has 210 valence electrons. The van der Waals surface area contributed by atoms with E-state index in [1.165, 1.54) is 17.2 Å². The summed E-state index contributed by atoms with van der Waals surface area (Å²) in [6, 6.07) is 12.7. The van der Waals surface area contributed by atoms with Crippen LogP contribution < -0.4 is 10.2 Å². The summed E-state index contributed by atoms with van der Waals surface area (Å²) in [6.07, 6.45) is 4.10. The zero-order chi connectivity index (χ0) is 29.2. The smallest absolute Gasteiger partial charge is 0.332 e. The van der Waals surface area contributed by atoms with Crippen molar-refractivity contribution in [2.75, 3.05) is 11.5 Å². The molecular weight excluding hydrogens is 551 g/mol. The molecule has 1 aliphatic heterocycles. The number of hydrogen-bond donors (Lipinski definition) is 1. The van der Waals surface area contributed by atoms with Gasteiger partial charge in [0.2, 0.25) is 5.95 Å². The molecule has 1 saturated carbocycles. The van der Waals surface area contributed by atoms with Gasteiger partial charge in [0.15, 0.2) is 0 Å². The maximum absolute atomic E-state index is 14.1. The number of fused-ring (bicyclic) bond motifs is 1. The molecule has 3 aromatic rings.